The van der Waals surface area contributed by atoms with Crippen LogP contribution in [0.4, 0.5) is 0 Å². The molecule has 2 heterocycles. The predicted molar refractivity (Wildman–Crippen MR) is 233 cm³/mol. The Labute approximate surface area is 323 Å². The highest BCUT2D eigenvalue weighted by Gasteiger charge is 2.31. The first kappa shape index (κ1) is 31.0. The highest BCUT2D eigenvalue weighted by Crippen LogP contribution is 2.49. The maximum absolute atomic E-state index is 5.58. The first-order valence-corrected chi connectivity index (χ1v) is 19.3. The Morgan fingerprint density at radius 1 is 0.429 bits per heavy atom. The van der Waals surface area contributed by atoms with E-state index in [0.717, 1.165) is 44.6 Å². The van der Waals surface area contributed by atoms with Gasteiger partial charge in [-0.15, -0.1) is 0 Å². The maximum Gasteiger partial charge on any atom is 0.146 e. The van der Waals surface area contributed by atoms with Crippen molar-refractivity contribution in [2.24, 2.45) is 0 Å². The zero-order chi connectivity index (χ0) is 36.7. The Kier molecular flexibility index (Phi) is 6.69. The molecular formula is C53H33N3. The molecule has 12 rings (SSSR count). The molecule has 1 aliphatic carbocycles. The monoisotopic (exact) mass is 711 g/mol. The van der Waals surface area contributed by atoms with Crippen LogP contribution in [0.15, 0.2) is 194 Å². The fourth-order valence-electron chi connectivity index (χ4n) is 9.46. The van der Waals surface area contributed by atoms with Gasteiger partial charge in [0.25, 0.3) is 0 Å². The molecule has 260 valence electrons. The van der Waals surface area contributed by atoms with Crippen molar-refractivity contribution in [2.45, 2.75) is 5.92 Å². The molecule has 3 nitrogen and oxygen atoms in total. The average Bonchev–Trinajstić information content (AvgIpc) is 3.83. The second kappa shape index (κ2) is 12.1. The van der Waals surface area contributed by atoms with Crippen LogP contribution in [0.2, 0.25) is 0 Å². The Hall–Kier alpha value is -7.36. The molecule has 0 fully saturated rings. The Morgan fingerprint density at radius 2 is 1.02 bits per heavy atom. The summed E-state index contributed by atoms with van der Waals surface area (Å²) < 4.78 is 2.30. The third kappa shape index (κ3) is 4.52. The molecule has 0 aliphatic heterocycles. The van der Waals surface area contributed by atoms with Gasteiger partial charge >= 0.3 is 0 Å². The van der Waals surface area contributed by atoms with Crippen molar-refractivity contribution in [1.29, 1.82) is 0 Å². The number of imidazole rings is 1. The van der Waals surface area contributed by atoms with Gasteiger partial charge in [-0.25, -0.2) is 9.97 Å². The van der Waals surface area contributed by atoms with Gasteiger partial charge in [0.05, 0.1) is 11.0 Å². The molecule has 56 heavy (non-hydrogen) atoms. The molecule has 1 atom stereocenters. The van der Waals surface area contributed by atoms with Crippen LogP contribution in [0.5, 0.6) is 0 Å². The van der Waals surface area contributed by atoms with Gasteiger partial charge < -0.3 is 0 Å². The molecule has 9 aromatic carbocycles. The van der Waals surface area contributed by atoms with Crippen LogP contribution >= 0.6 is 0 Å². The number of nitrogens with zero attached hydrogens (tertiary/aromatic N) is 3. The van der Waals surface area contributed by atoms with Crippen LogP contribution in [0.25, 0.3) is 93.6 Å². The summed E-state index contributed by atoms with van der Waals surface area (Å²) in [5, 5.41) is 9.58. The van der Waals surface area contributed by atoms with Crippen molar-refractivity contribution in [3.8, 4) is 39.5 Å². The second-order valence-corrected chi connectivity index (χ2v) is 14.9. The van der Waals surface area contributed by atoms with Gasteiger partial charge in [-0.2, -0.15) is 0 Å². The lowest BCUT2D eigenvalue weighted by atomic mass is 9.89. The minimum atomic E-state index is 0.183. The zero-order valence-electron chi connectivity index (χ0n) is 30.4. The van der Waals surface area contributed by atoms with E-state index in [0.29, 0.717) is 0 Å². The van der Waals surface area contributed by atoms with Crippen LogP contribution in [-0.2, 0) is 0 Å². The summed E-state index contributed by atoms with van der Waals surface area (Å²) in [7, 11) is 0. The molecule has 0 spiro atoms. The lowest BCUT2D eigenvalue weighted by molar-refractivity contribution is 1.01. The van der Waals surface area contributed by atoms with Gasteiger partial charge in [-0.05, 0) is 90.0 Å². The van der Waals surface area contributed by atoms with Crippen molar-refractivity contribution in [3.63, 3.8) is 0 Å². The van der Waals surface area contributed by atoms with Crippen LogP contribution in [0, 0.1) is 0 Å². The van der Waals surface area contributed by atoms with E-state index in [1.165, 1.54) is 65.7 Å². The Balaban J connectivity index is 1.12. The molecule has 2 aromatic heterocycles. The quantitative estimate of drug-likeness (QED) is 0.134. The van der Waals surface area contributed by atoms with E-state index in [-0.39, 0.29) is 5.92 Å². The van der Waals surface area contributed by atoms with Gasteiger partial charge in [-0.3, -0.25) is 4.57 Å². The summed E-state index contributed by atoms with van der Waals surface area (Å²) in [6.07, 6.45) is 2.05. The Morgan fingerprint density at radius 3 is 1.75 bits per heavy atom. The number of benzene rings is 9. The molecule has 1 aliphatic rings. The topological polar surface area (TPSA) is 30.7 Å². The minimum absolute atomic E-state index is 0.183. The lowest BCUT2D eigenvalue weighted by Gasteiger charge is -2.15. The van der Waals surface area contributed by atoms with Gasteiger partial charge in [0.2, 0.25) is 0 Å². The van der Waals surface area contributed by atoms with E-state index in [9.17, 15) is 0 Å². The summed E-state index contributed by atoms with van der Waals surface area (Å²) in [5.74, 6) is 1.89. The number of aromatic nitrogens is 3. The van der Waals surface area contributed by atoms with E-state index < -0.39 is 0 Å². The highest BCUT2D eigenvalue weighted by atomic mass is 15.1. The standard InChI is InChI=1S/C53H33N3/c1-2-14-33(15-3-1)49-43-23-11-8-22-42(43)47-31-36(26-28-44(47)49)53-55-51-45-24-12-9-20-40(45)41-21-10-13-25-46(41)52(51)56(53)48-29-27-37(32-54-48)50-38-18-6-4-16-34(38)30-35-17-5-7-19-39(35)50/h1-32,49H. The van der Waals surface area contributed by atoms with Crippen LogP contribution < -0.4 is 0 Å². The van der Waals surface area contributed by atoms with Crippen LogP contribution in [0.3, 0.4) is 0 Å². The smallest absolute Gasteiger partial charge is 0.146 e. The molecule has 11 aromatic rings. The minimum Gasteiger partial charge on any atom is -0.276 e. The SMILES string of the molecule is c1ccc(C2c3ccccc3-c3cc(-c4nc5c6ccccc6c6ccccc6c5n4-c4ccc(-c5c6ccccc6cc6ccccc56)cn4)ccc32)cc1. The number of rotatable bonds is 4. The van der Waals surface area contributed by atoms with Crippen LogP contribution in [0.1, 0.15) is 22.6 Å². The number of hydrogen-bond acceptors (Lipinski definition) is 2. The van der Waals surface area contributed by atoms with Crippen molar-refractivity contribution in [2.75, 3.05) is 0 Å². The van der Waals surface area contributed by atoms with E-state index in [2.05, 4.69) is 193 Å². The molecule has 0 N–H and O–H groups in total. The Bertz CT molecular complexity index is 3300. The number of fused-ring (bicyclic) bond motifs is 11. The molecule has 3 heteroatoms. The predicted octanol–water partition coefficient (Wildman–Crippen LogP) is 13.5. The van der Waals surface area contributed by atoms with Crippen molar-refractivity contribution < 1.29 is 0 Å². The van der Waals surface area contributed by atoms with E-state index in [1.54, 1.807) is 0 Å². The van der Waals surface area contributed by atoms with Gasteiger partial charge in [0.15, 0.2) is 0 Å². The zero-order valence-corrected chi connectivity index (χ0v) is 30.4. The number of hydrogen-bond donors (Lipinski definition) is 0. The van der Waals surface area contributed by atoms with Gasteiger partial charge in [0.1, 0.15) is 11.6 Å². The van der Waals surface area contributed by atoms with Crippen LogP contribution in [-0.4, -0.2) is 14.5 Å². The first-order chi connectivity index (χ1) is 27.8. The lowest BCUT2D eigenvalue weighted by Crippen LogP contribution is -2.02. The van der Waals surface area contributed by atoms with Crippen molar-refractivity contribution in [3.05, 3.63) is 211 Å². The fourth-order valence-corrected chi connectivity index (χ4v) is 9.46. The summed E-state index contributed by atoms with van der Waals surface area (Å²) in [4.78, 5) is 10.9. The molecule has 0 saturated carbocycles. The summed E-state index contributed by atoms with van der Waals surface area (Å²) in [5.41, 5.74) is 11.9. The van der Waals surface area contributed by atoms with Gasteiger partial charge in [-0.1, -0.05) is 164 Å². The van der Waals surface area contributed by atoms with E-state index in [4.69, 9.17) is 9.97 Å². The summed E-state index contributed by atoms with van der Waals surface area (Å²) in [6.45, 7) is 0. The largest absolute Gasteiger partial charge is 0.276 e. The molecule has 0 radical (unpaired) electrons. The van der Waals surface area contributed by atoms with Crippen molar-refractivity contribution >= 4 is 54.1 Å². The van der Waals surface area contributed by atoms with E-state index >= 15 is 0 Å². The third-order valence-electron chi connectivity index (χ3n) is 11.9. The summed E-state index contributed by atoms with van der Waals surface area (Å²) >= 11 is 0. The molecule has 0 bridgehead atoms. The number of pyridine rings is 1. The highest BCUT2D eigenvalue weighted by molar-refractivity contribution is 6.24. The van der Waals surface area contributed by atoms with Crippen molar-refractivity contribution in [1.82, 2.24) is 14.5 Å². The molecule has 0 amide bonds. The normalized spacial score (nSPS) is 13.5. The first-order valence-electron chi connectivity index (χ1n) is 19.3. The maximum atomic E-state index is 5.58. The fraction of sp³-hybridized carbons (Fsp3) is 0.0189. The molecule has 1 unspecified atom stereocenters. The van der Waals surface area contributed by atoms with Gasteiger partial charge in [0, 0.05) is 34.0 Å². The summed E-state index contributed by atoms with van der Waals surface area (Å²) in [6, 6.07) is 68.1. The molecular weight excluding hydrogens is 679 g/mol. The molecule has 0 saturated heterocycles. The van der Waals surface area contributed by atoms with E-state index in [1.807, 2.05) is 6.20 Å². The third-order valence-corrected chi connectivity index (χ3v) is 11.9. The average molecular weight is 712 g/mol. The second-order valence-electron chi connectivity index (χ2n) is 14.9.